The molecule has 0 amide bonds. The van der Waals surface area contributed by atoms with E-state index >= 15 is 0 Å². The highest BCUT2D eigenvalue weighted by Gasteiger charge is 2.37. The van der Waals surface area contributed by atoms with Crippen molar-refractivity contribution in [2.75, 3.05) is 13.1 Å². The summed E-state index contributed by atoms with van der Waals surface area (Å²) in [6.07, 6.45) is 3.31. The number of rotatable bonds is 4. The molecule has 0 atom stereocenters. The highest BCUT2D eigenvalue weighted by atomic mass is 35.5. The number of hydrogen-bond donors (Lipinski definition) is 0. The Hall–Kier alpha value is -1.08. The molecule has 0 radical (unpaired) electrons. The van der Waals surface area contributed by atoms with E-state index in [1.165, 1.54) is 10.4 Å². The SMILES string of the molecule is Cc1ccc(S(=O)(=O)N2CC(Cn3cc(Cl)cn3)C2)cc1Cl. The lowest BCUT2D eigenvalue weighted by molar-refractivity contribution is 0.175. The molecule has 22 heavy (non-hydrogen) atoms. The van der Waals surface area contributed by atoms with Crippen LogP contribution >= 0.6 is 23.2 Å². The van der Waals surface area contributed by atoms with Gasteiger partial charge in [-0.15, -0.1) is 0 Å². The van der Waals surface area contributed by atoms with E-state index in [0.29, 0.717) is 29.7 Å². The van der Waals surface area contributed by atoms with Crippen molar-refractivity contribution in [2.45, 2.75) is 18.4 Å². The standard InChI is InChI=1S/C14H15Cl2N3O2S/c1-10-2-3-13(4-14(10)16)22(20,21)19-7-11(8-19)6-18-9-12(15)5-17-18/h2-5,9,11H,6-8H2,1H3. The van der Waals surface area contributed by atoms with Crippen molar-refractivity contribution in [1.29, 1.82) is 0 Å². The molecule has 0 bridgehead atoms. The topological polar surface area (TPSA) is 55.2 Å². The summed E-state index contributed by atoms with van der Waals surface area (Å²) in [6, 6.07) is 4.82. The third-order valence-electron chi connectivity index (χ3n) is 3.75. The molecule has 1 aromatic carbocycles. The van der Waals surface area contributed by atoms with Crippen LogP contribution in [0.3, 0.4) is 0 Å². The van der Waals surface area contributed by atoms with Crippen LogP contribution in [0.2, 0.25) is 10.0 Å². The molecule has 1 saturated heterocycles. The van der Waals surface area contributed by atoms with Gasteiger partial charge in [-0.2, -0.15) is 9.40 Å². The number of aryl methyl sites for hydroxylation is 1. The minimum absolute atomic E-state index is 0.240. The minimum Gasteiger partial charge on any atom is -0.271 e. The van der Waals surface area contributed by atoms with Gasteiger partial charge in [0, 0.05) is 36.8 Å². The molecule has 5 nitrogen and oxygen atoms in total. The van der Waals surface area contributed by atoms with Crippen LogP contribution in [-0.4, -0.2) is 35.6 Å². The van der Waals surface area contributed by atoms with E-state index in [2.05, 4.69) is 5.10 Å². The fourth-order valence-electron chi connectivity index (χ4n) is 2.42. The number of aromatic nitrogens is 2. The van der Waals surface area contributed by atoms with E-state index in [1.54, 1.807) is 29.2 Å². The quantitative estimate of drug-likeness (QED) is 0.843. The summed E-state index contributed by atoms with van der Waals surface area (Å²) in [4.78, 5) is 0.240. The average molecular weight is 360 g/mol. The molecule has 0 saturated carbocycles. The van der Waals surface area contributed by atoms with Crippen LogP contribution in [0.4, 0.5) is 0 Å². The van der Waals surface area contributed by atoms with E-state index in [1.807, 2.05) is 6.92 Å². The van der Waals surface area contributed by atoms with E-state index < -0.39 is 10.0 Å². The molecule has 0 N–H and O–H groups in total. The van der Waals surface area contributed by atoms with Crippen LogP contribution in [0.15, 0.2) is 35.5 Å². The van der Waals surface area contributed by atoms with Crippen LogP contribution in [-0.2, 0) is 16.6 Å². The van der Waals surface area contributed by atoms with Gasteiger partial charge in [-0.1, -0.05) is 29.3 Å². The van der Waals surface area contributed by atoms with Crippen molar-refractivity contribution in [3.05, 3.63) is 46.2 Å². The molecule has 3 rings (SSSR count). The highest BCUT2D eigenvalue weighted by molar-refractivity contribution is 7.89. The maximum Gasteiger partial charge on any atom is 0.243 e. The average Bonchev–Trinajstić information content (AvgIpc) is 2.82. The molecule has 0 unspecified atom stereocenters. The Morgan fingerprint density at radius 3 is 2.64 bits per heavy atom. The first-order chi connectivity index (χ1) is 10.4. The van der Waals surface area contributed by atoms with Crippen LogP contribution < -0.4 is 0 Å². The van der Waals surface area contributed by atoms with Crippen LogP contribution in [0.5, 0.6) is 0 Å². The zero-order chi connectivity index (χ0) is 15.9. The minimum atomic E-state index is -3.47. The summed E-state index contributed by atoms with van der Waals surface area (Å²) in [5.74, 6) is 0.242. The zero-order valence-corrected chi connectivity index (χ0v) is 14.2. The van der Waals surface area contributed by atoms with Gasteiger partial charge >= 0.3 is 0 Å². The van der Waals surface area contributed by atoms with Gasteiger partial charge in [0.15, 0.2) is 0 Å². The molecule has 1 aliphatic heterocycles. The maximum absolute atomic E-state index is 12.5. The van der Waals surface area contributed by atoms with Gasteiger partial charge in [0.1, 0.15) is 0 Å². The third-order valence-corrected chi connectivity index (χ3v) is 6.18. The smallest absolute Gasteiger partial charge is 0.243 e. The predicted molar refractivity (Wildman–Crippen MR) is 85.7 cm³/mol. The fraction of sp³-hybridized carbons (Fsp3) is 0.357. The summed E-state index contributed by atoms with van der Waals surface area (Å²) in [6.45, 7) is 3.46. The van der Waals surface area contributed by atoms with Gasteiger partial charge in [0.2, 0.25) is 10.0 Å². The Balaban J connectivity index is 1.67. The lowest BCUT2D eigenvalue weighted by atomic mass is 10.0. The predicted octanol–water partition coefficient (Wildman–Crippen LogP) is 2.82. The Bertz CT molecular complexity index is 798. The molecule has 8 heteroatoms. The van der Waals surface area contributed by atoms with Crippen molar-refractivity contribution in [1.82, 2.24) is 14.1 Å². The monoisotopic (exact) mass is 359 g/mol. The van der Waals surface area contributed by atoms with Crippen LogP contribution in [0.25, 0.3) is 0 Å². The van der Waals surface area contributed by atoms with Gasteiger partial charge in [0.05, 0.1) is 16.1 Å². The largest absolute Gasteiger partial charge is 0.271 e. The number of nitrogens with zero attached hydrogens (tertiary/aromatic N) is 3. The number of benzene rings is 1. The first-order valence-corrected chi connectivity index (χ1v) is 9.00. The van der Waals surface area contributed by atoms with Crippen molar-refractivity contribution in [3.8, 4) is 0 Å². The summed E-state index contributed by atoms with van der Waals surface area (Å²) >= 11 is 11.8. The molecular weight excluding hydrogens is 345 g/mol. The van der Waals surface area contributed by atoms with Crippen LogP contribution in [0, 0.1) is 12.8 Å². The van der Waals surface area contributed by atoms with Gasteiger partial charge in [-0.25, -0.2) is 8.42 Å². The van der Waals surface area contributed by atoms with Crippen molar-refractivity contribution >= 4 is 33.2 Å². The van der Waals surface area contributed by atoms with E-state index in [0.717, 1.165) is 5.56 Å². The van der Waals surface area contributed by atoms with E-state index in [-0.39, 0.29) is 10.8 Å². The zero-order valence-electron chi connectivity index (χ0n) is 11.9. The van der Waals surface area contributed by atoms with Gasteiger partial charge in [-0.3, -0.25) is 4.68 Å². The van der Waals surface area contributed by atoms with Gasteiger partial charge in [-0.05, 0) is 24.6 Å². The van der Waals surface area contributed by atoms with E-state index in [4.69, 9.17) is 23.2 Å². The summed E-state index contributed by atoms with van der Waals surface area (Å²) in [5.41, 5.74) is 0.859. The van der Waals surface area contributed by atoms with Crippen molar-refractivity contribution in [3.63, 3.8) is 0 Å². The van der Waals surface area contributed by atoms with Crippen molar-refractivity contribution in [2.24, 2.45) is 5.92 Å². The molecule has 1 fully saturated rings. The number of sulfonamides is 1. The lowest BCUT2D eigenvalue weighted by Crippen LogP contribution is -2.51. The Kier molecular flexibility index (Phi) is 4.20. The second kappa shape index (κ2) is 5.85. The molecule has 0 aliphatic carbocycles. The third kappa shape index (κ3) is 3.01. The van der Waals surface area contributed by atoms with Crippen LogP contribution in [0.1, 0.15) is 5.56 Å². The number of halogens is 2. The van der Waals surface area contributed by atoms with Crippen molar-refractivity contribution < 1.29 is 8.42 Å². The highest BCUT2D eigenvalue weighted by Crippen LogP contribution is 2.28. The molecule has 2 aromatic rings. The molecule has 1 aromatic heterocycles. The molecule has 1 aliphatic rings. The Morgan fingerprint density at radius 2 is 2.05 bits per heavy atom. The molecule has 2 heterocycles. The first kappa shape index (κ1) is 15.8. The molecular formula is C14H15Cl2N3O2S. The second-order valence-corrected chi connectivity index (χ2v) is 8.26. The Labute approximate surface area is 139 Å². The maximum atomic E-state index is 12.5. The lowest BCUT2D eigenvalue weighted by Gasteiger charge is -2.38. The fourth-order valence-corrected chi connectivity index (χ4v) is 4.44. The first-order valence-electron chi connectivity index (χ1n) is 6.80. The normalized spacial score (nSPS) is 16.7. The molecule has 118 valence electrons. The molecule has 0 spiro atoms. The van der Waals surface area contributed by atoms with Gasteiger partial charge in [0.25, 0.3) is 0 Å². The van der Waals surface area contributed by atoms with E-state index in [9.17, 15) is 8.42 Å². The summed E-state index contributed by atoms with van der Waals surface area (Å²) < 4.78 is 28.2. The summed E-state index contributed by atoms with van der Waals surface area (Å²) in [7, 11) is -3.47. The second-order valence-electron chi connectivity index (χ2n) is 5.48. The summed E-state index contributed by atoms with van der Waals surface area (Å²) in [5, 5.41) is 5.15. The Morgan fingerprint density at radius 1 is 1.32 bits per heavy atom. The number of hydrogen-bond acceptors (Lipinski definition) is 3. The van der Waals surface area contributed by atoms with Gasteiger partial charge < -0.3 is 0 Å².